The number of aromatic amines is 1. The molecule has 0 aliphatic heterocycles. The molecule has 1 heterocycles. The number of benzene rings is 1. The number of anilines is 2. The van der Waals surface area contributed by atoms with Gasteiger partial charge in [0, 0.05) is 12.2 Å². The third kappa shape index (κ3) is 2.54. The lowest BCUT2D eigenvalue weighted by Crippen LogP contribution is -2.14. The standard InChI is InChI=1S/C11H13N5O/c12-8-3-1-2-7(4-8)5-14-9-6-15-16-10(9)11(13)17/h1-4,6,14H,5,12H2,(H2,13,17)(H,15,16). The van der Waals surface area contributed by atoms with E-state index in [2.05, 4.69) is 15.5 Å². The minimum Gasteiger partial charge on any atom is -0.399 e. The molecule has 0 spiro atoms. The van der Waals surface area contributed by atoms with Gasteiger partial charge in [-0.3, -0.25) is 9.89 Å². The van der Waals surface area contributed by atoms with E-state index in [9.17, 15) is 4.79 Å². The maximum absolute atomic E-state index is 11.0. The molecule has 2 rings (SSSR count). The van der Waals surface area contributed by atoms with E-state index in [0.717, 1.165) is 5.56 Å². The van der Waals surface area contributed by atoms with Crippen molar-refractivity contribution in [1.29, 1.82) is 0 Å². The molecule has 0 aliphatic rings. The Morgan fingerprint density at radius 3 is 3.00 bits per heavy atom. The fraction of sp³-hybridized carbons (Fsp3) is 0.0909. The Kier molecular flexibility index (Phi) is 2.95. The van der Waals surface area contributed by atoms with Gasteiger partial charge in [0.1, 0.15) is 5.69 Å². The molecule has 0 radical (unpaired) electrons. The SMILES string of the molecule is NC(=O)c1[nH]ncc1NCc1cccc(N)c1. The van der Waals surface area contributed by atoms with Gasteiger partial charge >= 0.3 is 0 Å². The Hall–Kier alpha value is -2.50. The number of nitrogen functional groups attached to an aromatic ring is 1. The monoisotopic (exact) mass is 231 g/mol. The van der Waals surface area contributed by atoms with Gasteiger partial charge in [0.25, 0.3) is 5.91 Å². The zero-order valence-corrected chi connectivity index (χ0v) is 9.10. The highest BCUT2D eigenvalue weighted by Gasteiger charge is 2.09. The van der Waals surface area contributed by atoms with Crippen LogP contribution in [0.4, 0.5) is 11.4 Å². The molecule has 1 aromatic carbocycles. The molecule has 6 nitrogen and oxygen atoms in total. The fourth-order valence-corrected chi connectivity index (χ4v) is 1.51. The Morgan fingerprint density at radius 2 is 2.29 bits per heavy atom. The number of nitrogens with two attached hydrogens (primary N) is 2. The highest BCUT2D eigenvalue weighted by atomic mass is 16.1. The van der Waals surface area contributed by atoms with Crippen LogP contribution in [0.15, 0.2) is 30.5 Å². The number of nitrogens with zero attached hydrogens (tertiary/aromatic N) is 1. The van der Waals surface area contributed by atoms with Gasteiger partial charge in [-0.1, -0.05) is 12.1 Å². The summed E-state index contributed by atoms with van der Waals surface area (Å²) in [7, 11) is 0. The number of carbonyl (C=O) groups excluding carboxylic acids is 1. The van der Waals surface area contributed by atoms with Gasteiger partial charge in [-0.25, -0.2) is 0 Å². The summed E-state index contributed by atoms with van der Waals surface area (Å²) in [6, 6.07) is 7.48. The molecule has 0 atom stereocenters. The zero-order valence-electron chi connectivity index (χ0n) is 9.10. The van der Waals surface area contributed by atoms with Crippen LogP contribution in [0.5, 0.6) is 0 Å². The summed E-state index contributed by atoms with van der Waals surface area (Å²) in [5, 5.41) is 9.37. The summed E-state index contributed by atoms with van der Waals surface area (Å²) in [6.45, 7) is 0.546. The highest BCUT2D eigenvalue weighted by Crippen LogP contribution is 2.13. The largest absolute Gasteiger partial charge is 0.399 e. The van der Waals surface area contributed by atoms with Crippen molar-refractivity contribution in [3.05, 3.63) is 41.7 Å². The van der Waals surface area contributed by atoms with Crippen LogP contribution in [0.2, 0.25) is 0 Å². The lowest BCUT2D eigenvalue weighted by molar-refractivity contribution is 0.0996. The molecule has 0 bridgehead atoms. The smallest absolute Gasteiger partial charge is 0.268 e. The van der Waals surface area contributed by atoms with Gasteiger partial charge < -0.3 is 16.8 Å². The molecule has 1 aromatic heterocycles. The van der Waals surface area contributed by atoms with Crippen molar-refractivity contribution >= 4 is 17.3 Å². The summed E-state index contributed by atoms with van der Waals surface area (Å²) in [5.41, 5.74) is 13.4. The quantitative estimate of drug-likeness (QED) is 0.580. The minimum atomic E-state index is -0.544. The van der Waals surface area contributed by atoms with E-state index in [0.29, 0.717) is 17.9 Å². The van der Waals surface area contributed by atoms with E-state index in [1.165, 1.54) is 6.20 Å². The van der Waals surface area contributed by atoms with E-state index in [1.807, 2.05) is 24.3 Å². The summed E-state index contributed by atoms with van der Waals surface area (Å²) in [4.78, 5) is 11.0. The second-order valence-corrected chi connectivity index (χ2v) is 3.62. The molecule has 0 aliphatic carbocycles. The van der Waals surface area contributed by atoms with E-state index in [4.69, 9.17) is 11.5 Å². The lowest BCUT2D eigenvalue weighted by Gasteiger charge is -2.05. The number of aromatic nitrogens is 2. The maximum atomic E-state index is 11.0. The molecule has 1 amide bonds. The topological polar surface area (TPSA) is 110 Å². The molecule has 6 heteroatoms. The van der Waals surface area contributed by atoms with Gasteiger partial charge in [0.2, 0.25) is 0 Å². The molecule has 2 aromatic rings. The average Bonchev–Trinajstić information content (AvgIpc) is 2.74. The zero-order chi connectivity index (χ0) is 12.3. The number of rotatable bonds is 4. The maximum Gasteiger partial charge on any atom is 0.268 e. The van der Waals surface area contributed by atoms with Crippen molar-refractivity contribution in [2.75, 3.05) is 11.1 Å². The Morgan fingerprint density at radius 1 is 1.47 bits per heavy atom. The van der Waals surface area contributed by atoms with Crippen molar-refractivity contribution in [3.8, 4) is 0 Å². The summed E-state index contributed by atoms with van der Waals surface area (Å²) < 4.78 is 0. The number of hydrogen-bond donors (Lipinski definition) is 4. The van der Waals surface area contributed by atoms with Crippen LogP contribution in [0.1, 0.15) is 16.1 Å². The first-order chi connectivity index (χ1) is 8.16. The highest BCUT2D eigenvalue weighted by molar-refractivity contribution is 5.96. The molecule has 0 saturated carbocycles. The third-order valence-corrected chi connectivity index (χ3v) is 2.32. The van der Waals surface area contributed by atoms with Crippen molar-refractivity contribution < 1.29 is 4.79 Å². The molecule has 0 unspecified atom stereocenters. The van der Waals surface area contributed by atoms with Gasteiger partial charge in [-0.15, -0.1) is 0 Å². The van der Waals surface area contributed by atoms with Crippen molar-refractivity contribution in [1.82, 2.24) is 10.2 Å². The predicted molar refractivity (Wildman–Crippen MR) is 65.3 cm³/mol. The first-order valence-corrected chi connectivity index (χ1v) is 5.08. The van der Waals surface area contributed by atoms with Crippen LogP contribution in [0.25, 0.3) is 0 Å². The van der Waals surface area contributed by atoms with Crippen LogP contribution in [-0.4, -0.2) is 16.1 Å². The third-order valence-electron chi connectivity index (χ3n) is 2.32. The first-order valence-electron chi connectivity index (χ1n) is 5.08. The molecule has 17 heavy (non-hydrogen) atoms. The van der Waals surface area contributed by atoms with Crippen LogP contribution in [0.3, 0.4) is 0 Å². The van der Waals surface area contributed by atoms with E-state index in [1.54, 1.807) is 0 Å². The van der Waals surface area contributed by atoms with Crippen LogP contribution >= 0.6 is 0 Å². The number of nitrogens with one attached hydrogen (secondary N) is 2. The van der Waals surface area contributed by atoms with Crippen molar-refractivity contribution in [2.45, 2.75) is 6.54 Å². The van der Waals surface area contributed by atoms with Gasteiger partial charge in [0.05, 0.1) is 11.9 Å². The number of primary amides is 1. The number of carbonyl (C=O) groups is 1. The van der Waals surface area contributed by atoms with Crippen LogP contribution in [-0.2, 0) is 6.54 Å². The van der Waals surface area contributed by atoms with E-state index in [-0.39, 0.29) is 5.69 Å². The summed E-state index contributed by atoms with van der Waals surface area (Å²) in [6.07, 6.45) is 1.52. The van der Waals surface area contributed by atoms with Crippen LogP contribution in [0, 0.1) is 0 Å². The second kappa shape index (κ2) is 4.56. The van der Waals surface area contributed by atoms with Gasteiger partial charge in [-0.05, 0) is 17.7 Å². The molecule has 0 saturated heterocycles. The Balaban J connectivity index is 2.07. The second-order valence-electron chi connectivity index (χ2n) is 3.62. The van der Waals surface area contributed by atoms with E-state index >= 15 is 0 Å². The fourth-order valence-electron chi connectivity index (χ4n) is 1.51. The lowest BCUT2D eigenvalue weighted by atomic mass is 10.2. The molecule has 6 N–H and O–H groups in total. The van der Waals surface area contributed by atoms with Crippen molar-refractivity contribution in [3.63, 3.8) is 0 Å². The average molecular weight is 231 g/mol. The first kappa shape index (κ1) is 11.0. The minimum absolute atomic E-state index is 0.272. The molecule has 0 fully saturated rings. The summed E-state index contributed by atoms with van der Waals surface area (Å²) in [5.74, 6) is -0.544. The van der Waals surface area contributed by atoms with E-state index < -0.39 is 5.91 Å². The summed E-state index contributed by atoms with van der Waals surface area (Å²) >= 11 is 0. The van der Waals surface area contributed by atoms with Crippen LogP contribution < -0.4 is 16.8 Å². The number of H-pyrrole nitrogens is 1. The molecular formula is C11H13N5O. The number of hydrogen-bond acceptors (Lipinski definition) is 4. The van der Waals surface area contributed by atoms with Gasteiger partial charge in [-0.2, -0.15) is 5.10 Å². The Labute approximate surface area is 98.0 Å². The molecular weight excluding hydrogens is 218 g/mol. The Bertz CT molecular complexity index is 534. The normalized spacial score (nSPS) is 10.1. The predicted octanol–water partition coefficient (Wildman–Crippen LogP) is 0.703. The molecule has 88 valence electrons. The van der Waals surface area contributed by atoms with Crippen molar-refractivity contribution in [2.24, 2.45) is 5.73 Å². The number of amides is 1. The van der Waals surface area contributed by atoms with Gasteiger partial charge in [0.15, 0.2) is 0 Å².